The first kappa shape index (κ1) is 22.0. The number of benzene rings is 2. The van der Waals surface area contributed by atoms with E-state index < -0.39 is 6.61 Å². The van der Waals surface area contributed by atoms with Gasteiger partial charge in [-0.2, -0.15) is 8.78 Å². The van der Waals surface area contributed by atoms with Crippen LogP contribution in [0.2, 0.25) is 0 Å². The highest BCUT2D eigenvalue weighted by Gasteiger charge is 2.24. The maximum absolute atomic E-state index is 12.9. The van der Waals surface area contributed by atoms with Gasteiger partial charge in [-0.1, -0.05) is 29.8 Å². The van der Waals surface area contributed by atoms with Crippen molar-refractivity contribution in [3.05, 3.63) is 59.2 Å². The minimum atomic E-state index is -2.97. The first-order chi connectivity index (χ1) is 14.5. The largest absolute Gasteiger partial charge is 0.493 e. The number of hydrogen-bond donors (Lipinski definition) is 2. The molecule has 0 spiro atoms. The van der Waals surface area contributed by atoms with E-state index in [0.717, 1.165) is 30.8 Å². The lowest BCUT2D eigenvalue weighted by atomic mass is 10.0. The fraction of sp³-hybridized carbons (Fsp3) is 0.409. The Labute approximate surface area is 174 Å². The summed E-state index contributed by atoms with van der Waals surface area (Å²) in [7, 11) is 1.34. The average molecular weight is 421 g/mol. The van der Waals surface area contributed by atoms with E-state index in [9.17, 15) is 13.6 Å². The number of methoxy groups -OCH3 is 1. The van der Waals surface area contributed by atoms with Crippen LogP contribution in [0.15, 0.2) is 42.5 Å². The molecule has 0 unspecified atom stereocenters. The Morgan fingerprint density at radius 2 is 1.83 bits per heavy atom. The number of ether oxygens (including phenoxy) is 3. The Kier molecular flexibility index (Phi) is 7.59. The minimum Gasteiger partial charge on any atom is -0.493 e. The van der Waals surface area contributed by atoms with E-state index in [1.807, 2.05) is 31.2 Å². The van der Waals surface area contributed by atoms with Gasteiger partial charge in [0.2, 0.25) is 0 Å². The fourth-order valence-corrected chi connectivity index (χ4v) is 3.45. The Bertz CT molecular complexity index is 840. The number of quaternary nitrogens is 1. The molecule has 0 aliphatic carbocycles. The van der Waals surface area contributed by atoms with Crippen LogP contribution in [-0.4, -0.2) is 52.5 Å². The van der Waals surface area contributed by atoms with E-state index in [-0.39, 0.29) is 23.4 Å². The van der Waals surface area contributed by atoms with Crippen LogP contribution in [0.5, 0.6) is 11.5 Å². The van der Waals surface area contributed by atoms with Gasteiger partial charge in [0.15, 0.2) is 11.5 Å². The van der Waals surface area contributed by atoms with Gasteiger partial charge in [0.25, 0.3) is 5.91 Å². The Morgan fingerprint density at radius 1 is 1.13 bits per heavy atom. The molecule has 1 aliphatic rings. The first-order valence-corrected chi connectivity index (χ1v) is 9.88. The summed E-state index contributed by atoms with van der Waals surface area (Å²) in [5.74, 6) is -0.347. The third-order valence-electron chi connectivity index (χ3n) is 5.12. The first-order valence-electron chi connectivity index (χ1n) is 9.88. The molecule has 2 aromatic rings. The number of halogens is 2. The van der Waals surface area contributed by atoms with Crippen LogP contribution in [0.1, 0.15) is 27.5 Å². The normalized spacial score (nSPS) is 15.6. The zero-order valence-corrected chi connectivity index (χ0v) is 17.1. The number of rotatable bonds is 8. The van der Waals surface area contributed by atoms with Crippen molar-refractivity contribution in [1.29, 1.82) is 0 Å². The Balaban J connectivity index is 1.78. The van der Waals surface area contributed by atoms with E-state index in [2.05, 4.69) is 10.1 Å². The van der Waals surface area contributed by atoms with Crippen molar-refractivity contribution in [2.45, 2.75) is 19.6 Å². The molecule has 1 heterocycles. The average Bonchev–Trinajstić information content (AvgIpc) is 2.74. The summed E-state index contributed by atoms with van der Waals surface area (Å²) in [5.41, 5.74) is 2.46. The third-order valence-corrected chi connectivity index (χ3v) is 5.12. The number of nitrogens with one attached hydrogen (secondary N) is 2. The number of aryl methyl sites for hydroxylation is 1. The maximum Gasteiger partial charge on any atom is 0.387 e. The van der Waals surface area contributed by atoms with Crippen molar-refractivity contribution in [3.8, 4) is 11.5 Å². The molecule has 30 heavy (non-hydrogen) atoms. The molecular weight excluding hydrogens is 394 g/mol. The van der Waals surface area contributed by atoms with Gasteiger partial charge >= 0.3 is 6.61 Å². The van der Waals surface area contributed by atoms with Crippen LogP contribution in [0.25, 0.3) is 0 Å². The van der Waals surface area contributed by atoms with Gasteiger partial charge in [-0.3, -0.25) is 4.79 Å². The standard InChI is InChI=1S/C22H26F2N2O4/c1-15-3-5-16(6-4-15)18(14-26-9-11-29-12-10-26)25-21(27)17-7-8-19(30-22(23)24)20(13-17)28-2/h3-8,13,18,22H,9-12,14H2,1-2H3,(H,25,27)/p+1/t18-/m0/s1. The fourth-order valence-electron chi connectivity index (χ4n) is 3.45. The minimum absolute atomic E-state index is 0.0774. The molecule has 3 rings (SSSR count). The van der Waals surface area contributed by atoms with Crippen molar-refractivity contribution in [1.82, 2.24) is 5.32 Å². The third kappa shape index (κ3) is 5.90. The number of hydrogen-bond acceptors (Lipinski definition) is 4. The number of amides is 1. The van der Waals surface area contributed by atoms with Gasteiger partial charge in [-0.15, -0.1) is 0 Å². The van der Waals surface area contributed by atoms with E-state index >= 15 is 0 Å². The molecule has 2 aromatic carbocycles. The smallest absolute Gasteiger partial charge is 0.387 e. The molecule has 1 amide bonds. The summed E-state index contributed by atoms with van der Waals surface area (Å²) in [5, 5.41) is 3.08. The van der Waals surface area contributed by atoms with E-state index in [1.54, 1.807) is 0 Å². The highest BCUT2D eigenvalue weighted by atomic mass is 19.3. The van der Waals surface area contributed by atoms with Crippen molar-refractivity contribution in [3.63, 3.8) is 0 Å². The molecule has 1 atom stereocenters. The van der Waals surface area contributed by atoms with E-state index in [4.69, 9.17) is 9.47 Å². The predicted molar refractivity (Wildman–Crippen MR) is 107 cm³/mol. The van der Waals surface area contributed by atoms with Crippen molar-refractivity contribution < 1.29 is 32.7 Å². The van der Waals surface area contributed by atoms with Crippen LogP contribution in [0, 0.1) is 6.92 Å². The summed E-state index contributed by atoms with van der Waals surface area (Å²) in [6, 6.07) is 12.0. The second kappa shape index (κ2) is 10.4. The van der Waals surface area contributed by atoms with Crippen LogP contribution in [-0.2, 0) is 4.74 Å². The van der Waals surface area contributed by atoms with E-state index in [0.29, 0.717) is 18.8 Å². The van der Waals surface area contributed by atoms with E-state index in [1.165, 1.54) is 30.2 Å². The molecule has 1 aliphatic heterocycles. The Hall–Kier alpha value is -2.71. The van der Waals surface area contributed by atoms with Crippen LogP contribution < -0.4 is 19.7 Å². The molecule has 1 fully saturated rings. The molecule has 1 saturated heterocycles. The molecule has 6 nitrogen and oxygen atoms in total. The lowest BCUT2D eigenvalue weighted by molar-refractivity contribution is -0.909. The van der Waals surface area contributed by atoms with Crippen LogP contribution in [0.4, 0.5) is 8.78 Å². The van der Waals surface area contributed by atoms with Crippen LogP contribution >= 0.6 is 0 Å². The monoisotopic (exact) mass is 421 g/mol. The number of carbonyl (C=O) groups excluding carboxylic acids is 1. The highest BCUT2D eigenvalue weighted by molar-refractivity contribution is 5.95. The molecular formula is C22H27F2N2O4+. The highest BCUT2D eigenvalue weighted by Crippen LogP contribution is 2.29. The summed E-state index contributed by atoms with van der Waals surface area (Å²) in [6.45, 7) is 2.93. The summed E-state index contributed by atoms with van der Waals surface area (Å²) in [6.07, 6.45) is 0. The van der Waals surface area contributed by atoms with Gasteiger partial charge < -0.3 is 24.4 Å². The molecule has 162 valence electrons. The zero-order valence-electron chi connectivity index (χ0n) is 17.1. The summed E-state index contributed by atoms with van der Waals surface area (Å²) < 4.78 is 40.0. The second-order valence-corrected chi connectivity index (χ2v) is 7.25. The Morgan fingerprint density at radius 3 is 2.47 bits per heavy atom. The second-order valence-electron chi connectivity index (χ2n) is 7.25. The van der Waals surface area contributed by atoms with Crippen molar-refractivity contribution in [2.24, 2.45) is 0 Å². The van der Waals surface area contributed by atoms with Gasteiger partial charge in [-0.05, 0) is 30.7 Å². The molecule has 0 aromatic heterocycles. The van der Waals surface area contributed by atoms with Gasteiger partial charge in [-0.25, -0.2) is 0 Å². The molecule has 0 saturated carbocycles. The number of morpholine rings is 1. The quantitative estimate of drug-likeness (QED) is 0.685. The lowest BCUT2D eigenvalue weighted by Gasteiger charge is -2.28. The molecule has 0 radical (unpaired) electrons. The number of carbonyl (C=O) groups is 1. The predicted octanol–water partition coefficient (Wildman–Crippen LogP) is 1.99. The number of alkyl halides is 2. The lowest BCUT2D eigenvalue weighted by Crippen LogP contribution is -3.14. The van der Waals surface area contributed by atoms with Crippen molar-refractivity contribution >= 4 is 5.91 Å². The maximum atomic E-state index is 12.9. The van der Waals surface area contributed by atoms with Gasteiger partial charge in [0.1, 0.15) is 25.7 Å². The molecule has 2 N–H and O–H groups in total. The van der Waals surface area contributed by atoms with Crippen LogP contribution in [0.3, 0.4) is 0 Å². The molecule has 8 heteroatoms. The zero-order chi connectivity index (χ0) is 21.5. The SMILES string of the molecule is COc1cc(C(=O)N[C@@H](C[NH+]2CCOCC2)c2ccc(C)cc2)ccc1OC(F)F. The summed E-state index contributed by atoms with van der Waals surface area (Å²) in [4.78, 5) is 14.3. The topological polar surface area (TPSA) is 61.2 Å². The van der Waals surface area contributed by atoms with Gasteiger partial charge in [0.05, 0.1) is 20.3 Å². The molecule has 0 bridgehead atoms. The van der Waals surface area contributed by atoms with Gasteiger partial charge in [0, 0.05) is 5.56 Å². The summed E-state index contributed by atoms with van der Waals surface area (Å²) >= 11 is 0. The van der Waals surface area contributed by atoms with Crippen molar-refractivity contribution in [2.75, 3.05) is 40.0 Å².